The van der Waals surface area contributed by atoms with Crippen molar-refractivity contribution in [3.8, 4) is 28.5 Å². The molecule has 1 fully saturated rings. The summed E-state index contributed by atoms with van der Waals surface area (Å²) in [7, 11) is 2.98. The lowest BCUT2D eigenvalue weighted by Crippen LogP contribution is -2.30. The molecule has 1 saturated carbocycles. The van der Waals surface area contributed by atoms with Crippen molar-refractivity contribution in [2.24, 2.45) is 5.92 Å². The number of carbonyl (C=O) groups excluding carboxylic acids is 1. The first-order valence-corrected chi connectivity index (χ1v) is 12.2. The summed E-state index contributed by atoms with van der Waals surface area (Å²) in [5.41, 5.74) is 1.21. The van der Waals surface area contributed by atoms with Crippen LogP contribution in [0.4, 0.5) is 8.78 Å². The van der Waals surface area contributed by atoms with Gasteiger partial charge >= 0.3 is 0 Å². The molecular weight excluding hydrogens is 480 g/mol. The lowest BCUT2D eigenvalue weighted by molar-refractivity contribution is -0.00110. The Morgan fingerprint density at radius 2 is 1.78 bits per heavy atom. The number of ketones is 1. The van der Waals surface area contributed by atoms with E-state index >= 15 is 0 Å². The van der Waals surface area contributed by atoms with Gasteiger partial charge in [0.05, 0.1) is 19.9 Å². The molecule has 3 aromatic rings. The van der Waals surface area contributed by atoms with Crippen LogP contribution in [0.25, 0.3) is 11.3 Å². The van der Waals surface area contributed by atoms with E-state index in [1.54, 1.807) is 49.4 Å². The fourth-order valence-corrected chi connectivity index (χ4v) is 4.51. The summed E-state index contributed by atoms with van der Waals surface area (Å²) >= 11 is 0. The van der Waals surface area contributed by atoms with Gasteiger partial charge in [-0.3, -0.25) is 4.79 Å². The minimum Gasteiger partial charge on any atom is -0.494 e. The molecule has 1 aliphatic rings. The Kier molecular flexibility index (Phi) is 8.07. The molecule has 0 aliphatic heterocycles. The normalized spacial score (nSPS) is 14.6. The van der Waals surface area contributed by atoms with Gasteiger partial charge in [0.15, 0.2) is 17.3 Å². The quantitative estimate of drug-likeness (QED) is 0.309. The van der Waals surface area contributed by atoms with E-state index in [9.17, 15) is 18.7 Å². The van der Waals surface area contributed by atoms with E-state index in [1.807, 2.05) is 0 Å². The van der Waals surface area contributed by atoms with E-state index in [4.69, 9.17) is 19.2 Å². The van der Waals surface area contributed by atoms with Crippen LogP contribution < -0.4 is 14.2 Å². The van der Waals surface area contributed by atoms with E-state index < -0.39 is 12.3 Å². The summed E-state index contributed by atoms with van der Waals surface area (Å²) < 4.78 is 42.4. The molecule has 0 amide bonds. The molecule has 1 aromatic heterocycles. The molecule has 4 rings (SSSR count). The summed E-state index contributed by atoms with van der Waals surface area (Å²) in [4.78, 5) is 17.8. The number of benzene rings is 2. The fourth-order valence-electron chi connectivity index (χ4n) is 4.51. The second-order valence-electron chi connectivity index (χ2n) is 9.24. The van der Waals surface area contributed by atoms with Gasteiger partial charge in [-0.1, -0.05) is 0 Å². The Morgan fingerprint density at radius 3 is 2.43 bits per heavy atom. The third-order valence-corrected chi connectivity index (χ3v) is 6.76. The monoisotopic (exact) mass is 511 g/mol. The zero-order chi connectivity index (χ0) is 26.6. The van der Waals surface area contributed by atoms with Crippen LogP contribution in [0.3, 0.4) is 0 Å². The maximum absolute atomic E-state index is 13.9. The number of hydrogen-bond donors (Lipinski definition) is 1. The number of methoxy groups -OCH3 is 2. The smallest absolute Gasteiger partial charge is 0.163 e. The zero-order valence-corrected chi connectivity index (χ0v) is 21.2. The second-order valence-corrected chi connectivity index (χ2v) is 9.24. The van der Waals surface area contributed by atoms with Gasteiger partial charge in [0.2, 0.25) is 0 Å². The number of ether oxygens (including phenoxy) is 3. The maximum atomic E-state index is 13.9. The van der Waals surface area contributed by atoms with Crippen molar-refractivity contribution in [2.75, 3.05) is 27.5 Å². The fraction of sp³-hybridized carbons (Fsp3) is 0.379. The molecule has 1 aliphatic carbocycles. The van der Waals surface area contributed by atoms with Gasteiger partial charge in [-0.2, -0.15) is 0 Å². The van der Waals surface area contributed by atoms with Gasteiger partial charge in [-0.15, -0.1) is 0 Å². The highest BCUT2D eigenvalue weighted by molar-refractivity contribution is 5.96. The Morgan fingerprint density at radius 1 is 1.05 bits per heavy atom. The first-order chi connectivity index (χ1) is 17.8. The SMILES string of the molecule is COc1cc(C(=O)CC[C@@](O)(c2ccc(OC)c(-c3ccc(F)c(C)c3)n2)C2CC2)ccc1OCCF. The van der Waals surface area contributed by atoms with E-state index in [-0.39, 0.29) is 37.0 Å². The lowest BCUT2D eigenvalue weighted by atomic mass is 9.86. The molecule has 0 radical (unpaired) electrons. The highest BCUT2D eigenvalue weighted by Gasteiger charge is 2.46. The van der Waals surface area contributed by atoms with E-state index in [0.717, 1.165) is 12.8 Å². The minimum absolute atomic E-state index is 0.0185. The zero-order valence-electron chi connectivity index (χ0n) is 21.2. The van der Waals surface area contributed by atoms with Crippen LogP contribution >= 0.6 is 0 Å². The van der Waals surface area contributed by atoms with Gasteiger partial charge in [0.1, 0.15) is 36.1 Å². The Balaban J connectivity index is 1.59. The molecule has 1 atom stereocenters. The summed E-state index contributed by atoms with van der Waals surface area (Å²) in [6, 6.07) is 12.9. The number of nitrogens with zero attached hydrogens (tertiary/aromatic N) is 1. The van der Waals surface area contributed by atoms with E-state index in [0.29, 0.717) is 45.3 Å². The minimum atomic E-state index is -1.31. The van der Waals surface area contributed by atoms with E-state index in [1.165, 1.54) is 20.3 Å². The second kappa shape index (κ2) is 11.3. The topological polar surface area (TPSA) is 77.9 Å². The number of aryl methyl sites for hydroxylation is 1. The maximum Gasteiger partial charge on any atom is 0.163 e. The number of rotatable bonds is 12. The number of pyridine rings is 1. The van der Waals surface area contributed by atoms with Crippen LogP contribution in [0, 0.1) is 18.7 Å². The highest BCUT2D eigenvalue weighted by Crippen LogP contribution is 2.49. The number of hydrogen-bond acceptors (Lipinski definition) is 6. The molecule has 8 heteroatoms. The van der Waals surface area contributed by atoms with Crippen molar-refractivity contribution < 1.29 is 32.9 Å². The highest BCUT2D eigenvalue weighted by atomic mass is 19.1. The van der Waals surface area contributed by atoms with Crippen molar-refractivity contribution >= 4 is 5.78 Å². The summed E-state index contributed by atoms with van der Waals surface area (Å²) in [6.45, 7) is 0.938. The van der Waals surface area contributed by atoms with Gasteiger partial charge in [0.25, 0.3) is 0 Å². The summed E-state index contributed by atoms with van der Waals surface area (Å²) in [5.74, 6) is 0.703. The average molecular weight is 512 g/mol. The number of aromatic nitrogens is 1. The first kappa shape index (κ1) is 26.5. The Labute approximate surface area is 215 Å². The number of carbonyl (C=O) groups is 1. The third-order valence-electron chi connectivity index (χ3n) is 6.76. The van der Waals surface area contributed by atoms with Gasteiger partial charge in [0, 0.05) is 17.5 Å². The van der Waals surface area contributed by atoms with Crippen LogP contribution in [0.2, 0.25) is 0 Å². The molecule has 0 spiro atoms. The number of aliphatic hydroxyl groups is 1. The van der Waals surface area contributed by atoms with Gasteiger partial charge in [-0.25, -0.2) is 13.8 Å². The number of Topliss-reactive ketones (excluding diaryl/α,β-unsaturated/α-hetero) is 1. The molecule has 0 saturated heterocycles. The predicted octanol–water partition coefficient (Wildman–Crippen LogP) is 5.82. The van der Waals surface area contributed by atoms with Gasteiger partial charge in [-0.05, 0) is 86.2 Å². The van der Waals surface area contributed by atoms with Crippen LogP contribution in [0.15, 0.2) is 48.5 Å². The van der Waals surface area contributed by atoms with Crippen LogP contribution in [-0.2, 0) is 5.60 Å². The van der Waals surface area contributed by atoms with Gasteiger partial charge < -0.3 is 19.3 Å². The predicted molar refractivity (Wildman–Crippen MR) is 136 cm³/mol. The number of alkyl halides is 1. The molecule has 1 N–H and O–H groups in total. The molecule has 196 valence electrons. The molecule has 0 bridgehead atoms. The van der Waals surface area contributed by atoms with Crippen molar-refractivity contribution in [1.82, 2.24) is 4.98 Å². The third kappa shape index (κ3) is 5.74. The first-order valence-electron chi connectivity index (χ1n) is 12.2. The van der Waals surface area contributed by atoms with Crippen LogP contribution in [0.1, 0.15) is 47.3 Å². The van der Waals surface area contributed by atoms with E-state index in [2.05, 4.69) is 0 Å². The number of halogens is 2. The van der Waals surface area contributed by atoms with Crippen LogP contribution in [-0.4, -0.2) is 43.4 Å². The van der Waals surface area contributed by atoms with Crippen molar-refractivity contribution in [1.29, 1.82) is 0 Å². The molecule has 6 nitrogen and oxygen atoms in total. The van der Waals surface area contributed by atoms with Crippen molar-refractivity contribution in [3.05, 3.63) is 71.2 Å². The lowest BCUT2D eigenvalue weighted by Gasteiger charge is -2.28. The molecule has 0 unspecified atom stereocenters. The standard InChI is InChI=1S/C29H31F2NO5/c1-18-16-20(4-8-22(18)31)28-25(35-2)10-11-27(32-28)29(34,21-6-7-21)13-12-23(33)19-5-9-24(37-15-14-30)26(17-19)36-3/h4-5,8-11,16-17,21,34H,6-7,12-15H2,1-3H3/t29-/m0/s1. The van der Waals surface area contributed by atoms with Crippen LogP contribution in [0.5, 0.6) is 17.2 Å². The summed E-state index contributed by atoms with van der Waals surface area (Å²) in [5, 5.41) is 11.8. The molecule has 1 heterocycles. The molecule has 2 aromatic carbocycles. The molecule has 37 heavy (non-hydrogen) atoms. The van der Waals surface area contributed by atoms with Crippen molar-refractivity contribution in [2.45, 2.75) is 38.2 Å². The Hall–Kier alpha value is -3.52. The summed E-state index contributed by atoms with van der Waals surface area (Å²) in [6.07, 6.45) is 1.93. The largest absolute Gasteiger partial charge is 0.494 e. The average Bonchev–Trinajstić information content (AvgIpc) is 3.77. The molecular formula is C29H31F2NO5. The van der Waals surface area contributed by atoms with Crippen molar-refractivity contribution in [3.63, 3.8) is 0 Å². The Bertz CT molecular complexity index is 1280.